The third-order valence-corrected chi connectivity index (χ3v) is 3.15. The lowest BCUT2D eigenvalue weighted by molar-refractivity contribution is 0.0696. The normalized spacial score (nSPS) is 11.1. The Bertz CT molecular complexity index is 788. The van der Waals surface area contributed by atoms with E-state index in [1.807, 2.05) is 19.1 Å². The van der Waals surface area contributed by atoms with Crippen LogP contribution in [0.2, 0.25) is 0 Å². The Kier molecular flexibility index (Phi) is 3.45. The van der Waals surface area contributed by atoms with Gasteiger partial charge in [0.15, 0.2) is 0 Å². The highest BCUT2D eigenvalue weighted by molar-refractivity contribution is 6.03. The molecule has 0 spiro atoms. The van der Waals surface area contributed by atoms with Gasteiger partial charge in [-0.05, 0) is 13.0 Å². The fraction of sp³-hybridized carbons (Fsp3) is 0.200. The van der Waals surface area contributed by atoms with Gasteiger partial charge in [0.05, 0.1) is 12.2 Å². The Hall–Kier alpha value is -2.60. The van der Waals surface area contributed by atoms with Gasteiger partial charge in [-0.3, -0.25) is 0 Å². The fourth-order valence-electron chi connectivity index (χ4n) is 2.26. The minimum Gasteiger partial charge on any atom is -0.478 e. The molecule has 0 aliphatic heterocycles. The second-order valence-electron chi connectivity index (χ2n) is 4.73. The maximum absolute atomic E-state index is 11.4. The van der Waals surface area contributed by atoms with E-state index in [9.17, 15) is 9.90 Å². The predicted molar refractivity (Wildman–Crippen MR) is 75.0 cm³/mol. The molecular formula is C15H14N2O4. The maximum Gasteiger partial charge on any atom is 0.339 e. The smallest absolute Gasteiger partial charge is 0.339 e. The second-order valence-corrected chi connectivity index (χ2v) is 4.73. The number of nitrogens with zero attached hydrogens (tertiary/aromatic N) is 1. The Morgan fingerprint density at radius 2 is 2.14 bits per heavy atom. The van der Waals surface area contributed by atoms with Gasteiger partial charge >= 0.3 is 5.97 Å². The summed E-state index contributed by atoms with van der Waals surface area (Å²) in [5.41, 5.74) is 1.54. The number of aryl methyl sites for hydroxylation is 1. The first kappa shape index (κ1) is 13.4. The first-order chi connectivity index (χ1) is 10.1. The molecule has 0 atom stereocenters. The van der Waals surface area contributed by atoms with Gasteiger partial charge in [-0.15, -0.1) is 0 Å². The summed E-state index contributed by atoms with van der Waals surface area (Å²) in [7, 11) is 0. The molecule has 108 valence electrons. The van der Waals surface area contributed by atoms with Crippen molar-refractivity contribution in [3.8, 4) is 0 Å². The summed E-state index contributed by atoms with van der Waals surface area (Å²) in [5.74, 6) is 0.153. The van der Waals surface area contributed by atoms with Gasteiger partial charge in [0, 0.05) is 18.0 Å². The van der Waals surface area contributed by atoms with Gasteiger partial charge in [0.2, 0.25) is 0 Å². The van der Waals surface area contributed by atoms with Crippen LogP contribution in [0.4, 0.5) is 0 Å². The van der Waals surface area contributed by atoms with Crippen molar-refractivity contribution in [2.75, 3.05) is 0 Å². The molecular weight excluding hydrogens is 272 g/mol. The molecule has 1 aromatic carbocycles. The van der Waals surface area contributed by atoms with Gasteiger partial charge < -0.3 is 19.4 Å². The SMILES string of the molecule is Cc1cc(CNCc2oc3ccccc3c2C(=O)O)no1. The molecule has 0 unspecified atom stereocenters. The topological polar surface area (TPSA) is 88.5 Å². The lowest BCUT2D eigenvalue weighted by Gasteiger charge is -2.00. The number of aromatic carboxylic acids is 1. The summed E-state index contributed by atoms with van der Waals surface area (Å²) >= 11 is 0. The Balaban J connectivity index is 1.80. The van der Waals surface area contributed by atoms with E-state index in [4.69, 9.17) is 8.94 Å². The zero-order valence-electron chi connectivity index (χ0n) is 11.4. The van der Waals surface area contributed by atoms with E-state index in [1.165, 1.54) is 0 Å². The van der Waals surface area contributed by atoms with Gasteiger partial charge in [0.1, 0.15) is 22.7 Å². The van der Waals surface area contributed by atoms with Crippen molar-refractivity contribution in [3.05, 3.63) is 53.1 Å². The molecule has 2 heterocycles. The Labute approximate surface area is 120 Å². The minimum absolute atomic E-state index is 0.203. The maximum atomic E-state index is 11.4. The fourth-order valence-corrected chi connectivity index (χ4v) is 2.26. The Morgan fingerprint density at radius 3 is 2.86 bits per heavy atom. The highest BCUT2D eigenvalue weighted by Crippen LogP contribution is 2.25. The van der Waals surface area contributed by atoms with Gasteiger partial charge in [-0.2, -0.15) is 0 Å². The number of rotatable bonds is 5. The lowest BCUT2D eigenvalue weighted by Crippen LogP contribution is -2.14. The number of furan rings is 1. The van der Waals surface area contributed by atoms with Crippen LogP contribution in [-0.4, -0.2) is 16.2 Å². The van der Waals surface area contributed by atoms with Crippen molar-refractivity contribution in [1.29, 1.82) is 0 Å². The van der Waals surface area contributed by atoms with Crippen molar-refractivity contribution in [2.45, 2.75) is 20.0 Å². The molecule has 0 bridgehead atoms. The molecule has 0 fully saturated rings. The molecule has 21 heavy (non-hydrogen) atoms. The number of nitrogens with one attached hydrogen (secondary N) is 1. The molecule has 0 aliphatic carbocycles. The van der Waals surface area contributed by atoms with Gasteiger partial charge in [-0.25, -0.2) is 4.79 Å². The van der Waals surface area contributed by atoms with E-state index >= 15 is 0 Å². The highest BCUT2D eigenvalue weighted by atomic mass is 16.5. The number of hydrogen-bond donors (Lipinski definition) is 2. The van der Waals surface area contributed by atoms with Crippen molar-refractivity contribution in [3.63, 3.8) is 0 Å². The summed E-state index contributed by atoms with van der Waals surface area (Å²) < 4.78 is 10.6. The van der Waals surface area contributed by atoms with E-state index in [-0.39, 0.29) is 5.56 Å². The molecule has 0 aliphatic rings. The minimum atomic E-state index is -0.992. The molecule has 0 saturated heterocycles. The highest BCUT2D eigenvalue weighted by Gasteiger charge is 2.19. The van der Waals surface area contributed by atoms with Crippen LogP contribution in [0.5, 0.6) is 0 Å². The van der Waals surface area contributed by atoms with Crippen molar-refractivity contribution < 1.29 is 18.8 Å². The number of carbonyl (C=O) groups is 1. The largest absolute Gasteiger partial charge is 0.478 e. The summed E-state index contributed by atoms with van der Waals surface area (Å²) in [6, 6.07) is 8.93. The molecule has 2 aromatic heterocycles. The van der Waals surface area contributed by atoms with Crippen LogP contribution >= 0.6 is 0 Å². The van der Waals surface area contributed by atoms with Crippen LogP contribution in [0.3, 0.4) is 0 Å². The molecule has 3 aromatic rings. The number of benzene rings is 1. The van der Waals surface area contributed by atoms with Crippen molar-refractivity contribution >= 4 is 16.9 Å². The molecule has 3 rings (SSSR count). The van der Waals surface area contributed by atoms with Crippen LogP contribution < -0.4 is 5.32 Å². The van der Waals surface area contributed by atoms with Crippen LogP contribution in [0.1, 0.15) is 27.6 Å². The van der Waals surface area contributed by atoms with Crippen molar-refractivity contribution in [2.24, 2.45) is 0 Å². The average Bonchev–Trinajstić information content (AvgIpc) is 3.02. The standard InChI is InChI=1S/C15H14N2O4/c1-9-6-10(17-21-9)7-16-8-13-14(15(18)19)11-4-2-3-5-12(11)20-13/h2-6,16H,7-8H2,1H3,(H,18,19). The van der Waals surface area contributed by atoms with Gasteiger partial charge in [0.25, 0.3) is 0 Å². The molecule has 0 saturated carbocycles. The number of carboxylic acids is 1. The number of para-hydroxylation sites is 1. The number of hydrogen-bond acceptors (Lipinski definition) is 5. The van der Waals surface area contributed by atoms with E-state index in [1.54, 1.807) is 18.2 Å². The second kappa shape index (κ2) is 5.41. The Morgan fingerprint density at radius 1 is 1.33 bits per heavy atom. The third kappa shape index (κ3) is 2.66. The molecule has 0 amide bonds. The lowest BCUT2D eigenvalue weighted by atomic mass is 10.1. The zero-order chi connectivity index (χ0) is 14.8. The van der Waals surface area contributed by atoms with E-state index < -0.39 is 5.97 Å². The van der Waals surface area contributed by atoms with Crippen LogP contribution in [0.25, 0.3) is 11.0 Å². The number of aromatic nitrogens is 1. The molecule has 6 heteroatoms. The quantitative estimate of drug-likeness (QED) is 0.749. The van der Waals surface area contributed by atoms with Gasteiger partial charge in [-0.1, -0.05) is 23.4 Å². The van der Waals surface area contributed by atoms with Crippen LogP contribution in [-0.2, 0) is 13.1 Å². The number of fused-ring (bicyclic) bond motifs is 1. The first-order valence-corrected chi connectivity index (χ1v) is 6.52. The van der Waals surface area contributed by atoms with E-state index in [0.717, 1.165) is 11.5 Å². The predicted octanol–water partition coefficient (Wildman–Crippen LogP) is 2.72. The summed E-state index contributed by atoms with van der Waals surface area (Å²) in [6.45, 7) is 2.61. The van der Waals surface area contributed by atoms with Crippen LogP contribution in [0, 0.1) is 6.92 Å². The summed E-state index contributed by atoms with van der Waals surface area (Å²) in [4.78, 5) is 11.4. The van der Waals surface area contributed by atoms with Crippen molar-refractivity contribution in [1.82, 2.24) is 10.5 Å². The first-order valence-electron chi connectivity index (χ1n) is 6.52. The van der Waals surface area contributed by atoms with Crippen LogP contribution in [0.15, 0.2) is 39.3 Å². The zero-order valence-corrected chi connectivity index (χ0v) is 11.4. The summed E-state index contributed by atoms with van der Waals surface area (Å²) in [6.07, 6.45) is 0. The number of carboxylic acid groups (broad SMARTS) is 1. The third-order valence-electron chi connectivity index (χ3n) is 3.15. The average molecular weight is 286 g/mol. The molecule has 0 radical (unpaired) electrons. The van der Waals surface area contributed by atoms with E-state index in [0.29, 0.717) is 29.8 Å². The monoisotopic (exact) mass is 286 g/mol. The molecule has 2 N–H and O–H groups in total. The summed E-state index contributed by atoms with van der Waals surface area (Å²) in [5, 5.41) is 16.9. The van der Waals surface area contributed by atoms with E-state index in [2.05, 4.69) is 10.5 Å². The molecule has 6 nitrogen and oxygen atoms in total.